The van der Waals surface area contributed by atoms with E-state index in [0.717, 1.165) is 55.5 Å². The molecule has 3 N–H and O–H groups in total. The Labute approximate surface area is 221 Å². The van der Waals surface area contributed by atoms with Crippen LogP contribution < -0.4 is 25.4 Å². The summed E-state index contributed by atoms with van der Waals surface area (Å²) in [5, 5.41) is 10.2. The Morgan fingerprint density at radius 1 is 1.00 bits per heavy atom. The van der Waals surface area contributed by atoms with E-state index >= 15 is 0 Å². The monoisotopic (exact) mass is 505 g/mol. The van der Waals surface area contributed by atoms with Gasteiger partial charge in [-0.15, -0.1) is 0 Å². The summed E-state index contributed by atoms with van der Waals surface area (Å²) in [6, 6.07) is 15.1. The van der Waals surface area contributed by atoms with Crippen molar-refractivity contribution in [3.8, 4) is 11.5 Å². The molecule has 6 heteroatoms. The molecule has 2 fully saturated rings. The van der Waals surface area contributed by atoms with Crippen molar-refractivity contribution < 1.29 is 14.3 Å². The van der Waals surface area contributed by atoms with Gasteiger partial charge in [0.05, 0.1) is 0 Å². The highest BCUT2D eigenvalue weighted by Crippen LogP contribution is 2.40. The lowest BCUT2D eigenvalue weighted by atomic mass is 9.93. The van der Waals surface area contributed by atoms with Gasteiger partial charge in [-0.05, 0) is 101 Å². The number of carbonyl (C=O) groups is 1. The van der Waals surface area contributed by atoms with Gasteiger partial charge >= 0.3 is 0 Å². The predicted octanol–water partition coefficient (Wildman–Crippen LogP) is 5.34. The second kappa shape index (κ2) is 12.8. The minimum Gasteiger partial charge on any atom is -0.486 e. The molecule has 2 heterocycles. The number of nitrogens with one attached hydrogen (secondary N) is 3. The number of para-hydroxylation sites is 1. The normalized spacial score (nSPS) is 22.5. The maximum atomic E-state index is 12.6. The van der Waals surface area contributed by atoms with Crippen LogP contribution in [0.4, 0.5) is 0 Å². The van der Waals surface area contributed by atoms with Crippen LogP contribution in [0.15, 0.2) is 42.5 Å². The predicted molar refractivity (Wildman–Crippen MR) is 148 cm³/mol. The number of ether oxygens (including phenoxy) is 2. The summed E-state index contributed by atoms with van der Waals surface area (Å²) in [6.07, 6.45) is 9.65. The van der Waals surface area contributed by atoms with Crippen molar-refractivity contribution in [2.75, 3.05) is 32.8 Å². The number of hydrogen-bond acceptors (Lipinski definition) is 5. The van der Waals surface area contributed by atoms with E-state index in [1.165, 1.54) is 49.7 Å². The Balaban J connectivity index is 1.00. The van der Waals surface area contributed by atoms with E-state index in [1.807, 2.05) is 18.2 Å². The first kappa shape index (κ1) is 26.1. The summed E-state index contributed by atoms with van der Waals surface area (Å²) >= 11 is 0. The van der Waals surface area contributed by atoms with Crippen molar-refractivity contribution in [3.63, 3.8) is 0 Å². The molecule has 3 atom stereocenters. The van der Waals surface area contributed by atoms with Gasteiger partial charge in [-0.2, -0.15) is 0 Å². The van der Waals surface area contributed by atoms with Crippen molar-refractivity contribution in [3.05, 3.63) is 59.2 Å². The molecule has 3 aliphatic rings. The number of rotatable bonds is 10. The van der Waals surface area contributed by atoms with Gasteiger partial charge in [0, 0.05) is 23.2 Å². The van der Waals surface area contributed by atoms with Crippen molar-refractivity contribution >= 4 is 5.91 Å². The first-order valence-corrected chi connectivity index (χ1v) is 14.4. The second-order valence-corrected chi connectivity index (χ2v) is 11.0. The van der Waals surface area contributed by atoms with Crippen molar-refractivity contribution in [1.82, 2.24) is 16.0 Å². The highest BCUT2D eigenvalue weighted by molar-refractivity contribution is 5.94. The van der Waals surface area contributed by atoms with Crippen molar-refractivity contribution in [2.45, 2.75) is 76.3 Å². The summed E-state index contributed by atoms with van der Waals surface area (Å²) in [6.45, 7) is 6.45. The van der Waals surface area contributed by atoms with E-state index in [-0.39, 0.29) is 11.9 Å². The lowest BCUT2D eigenvalue weighted by molar-refractivity contribution is 0.0929. The number of piperidine rings is 1. The SMILES string of the molecule is C[C@@H](NCCCCC1CC[C@H](c2ccc(C(=O)NC3CCNCC3)cc2)C1)c1cccc2c1OCCO2. The number of unbranched alkanes of at least 4 members (excludes halogenated alkanes) is 1. The standard InChI is InChI=1S/C31H43N3O3/c1-22(28-6-4-7-29-30(28)37-20-19-36-29)33-16-3-2-5-23-8-9-26(21-23)24-10-12-25(13-11-24)31(35)34-27-14-17-32-18-15-27/h4,6-7,10-13,22-23,26-27,32-33H,2-3,5,8-9,14-21H2,1H3,(H,34,35)/t22-,23?,26+/m1/s1. The number of benzene rings is 2. The molecule has 1 saturated carbocycles. The zero-order valence-electron chi connectivity index (χ0n) is 22.3. The van der Waals surface area contributed by atoms with Crippen LogP contribution >= 0.6 is 0 Å². The largest absolute Gasteiger partial charge is 0.486 e. The Hall–Kier alpha value is -2.57. The Morgan fingerprint density at radius 2 is 1.81 bits per heavy atom. The van der Waals surface area contributed by atoms with E-state index in [4.69, 9.17) is 9.47 Å². The van der Waals surface area contributed by atoms with Crippen LogP contribution in [0.3, 0.4) is 0 Å². The van der Waals surface area contributed by atoms with Crippen LogP contribution in [0, 0.1) is 5.92 Å². The Bertz CT molecular complexity index is 1020. The third-order valence-corrected chi connectivity index (χ3v) is 8.41. The van der Waals surface area contributed by atoms with Crippen LogP contribution in [0.2, 0.25) is 0 Å². The molecule has 0 aromatic heterocycles. The maximum absolute atomic E-state index is 12.6. The van der Waals surface area contributed by atoms with E-state index in [1.54, 1.807) is 0 Å². The Morgan fingerprint density at radius 3 is 2.65 bits per heavy atom. The molecule has 37 heavy (non-hydrogen) atoms. The fourth-order valence-electron chi connectivity index (χ4n) is 6.21. The van der Waals surface area contributed by atoms with Crippen molar-refractivity contribution in [1.29, 1.82) is 0 Å². The first-order chi connectivity index (χ1) is 18.2. The average molecular weight is 506 g/mol. The van der Waals surface area contributed by atoms with Gasteiger partial charge in [0.1, 0.15) is 13.2 Å². The average Bonchev–Trinajstić information content (AvgIpc) is 3.42. The van der Waals surface area contributed by atoms with Gasteiger partial charge in [-0.3, -0.25) is 4.79 Å². The van der Waals surface area contributed by atoms with E-state index in [0.29, 0.717) is 25.2 Å². The number of amides is 1. The zero-order chi connectivity index (χ0) is 25.5. The molecule has 1 aliphatic carbocycles. The molecule has 6 nitrogen and oxygen atoms in total. The number of fused-ring (bicyclic) bond motifs is 1. The molecule has 2 aliphatic heterocycles. The third-order valence-electron chi connectivity index (χ3n) is 8.41. The molecule has 2 aromatic rings. The molecule has 2 aromatic carbocycles. The molecule has 0 spiro atoms. The molecular formula is C31H43N3O3. The maximum Gasteiger partial charge on any atom is 0.251 e. The highest BCUT2D eigenvalue weighted by atomic mass is 16.6. The minimum absolute atomic E-state index is 0.0682. The lowest BCUT2D eigenvalue weighted by Gasteiger charge is -2.24. The molecule has 0 bridgehead atoms. The van der Waals surface area contributed by atoms with Crippen LogP contribution in [-0.4, -0.2) is 44.8 Å². The summed E-state index contributed by atoms with van der Waals surface area (Å²) < 4.78 is 11.6. The van der Waals surface area contributed by atoms with Crippen LogP contribution in [0.25, 0.3) is 0 Å². The molecule has 0 radical (unpaired) electrons. The molecule has 5 rings (SSSR count). The summed E-state index contributed by atoms with van der Waals surface area (Å²) in [5.74, 6) is 3.29. The van der Waals surface area contributed by atoms with E-state index < -0.39 is 0 Å². The van der Waals surface area contributed by atoms with E-state index in [2.05, 4.69) is 47.1 Å². The van der Waals surface area contributed by atoms with Crippen LogP contribution in [0.5, 0.6) is 11.5 Å². The molecule has 200 valence electrons. The summed E-state index contributed by atoms with van der Waals surface area (Å²) in [5.41, 5.74) is 3.37. The van der Waals surface area contributed by atoms with Gasteiger partial charge in [0.2, 0.25) is 0 Å². The first-order valence-electron chi connectivity index (χ1n) is 14.4. The second-order valence-electron chi connectivity index (χ2n) is 11.0. The quantitative estimate of drug-likeness (QED) is 0.380. The molecule has 1 amide bonds. The summed E-state index contributed by atoms with van der Waals surface area (Å²) in [4.78, 5) is 12.6. The van der Waals surface area contributed by atoms with Gasteiger partial charge in [-0.1, -0.05) is 37.1 Å². The fraction of sp³-hybridized carbons (Fsp3) is 0.581. The van der Waals surface area contributed by atoms with Gasteiger partial charge in [0.15, 0.2) is 11.5 Å². The number of hydrogen-bond donors (Lipinski definition) is 3. The summed E-state index contributed by atoms with van der Waals surface area (Å²) in [7, 11) is 0. The smallest absolute Gasteiger partial charge is 0.251 e. The molecular weight excluding hydrogens is 462 g/mol. The lowest BCUT2D eigenvalue weighted by Crippen LogP contribution is -2.42. The topological polar surface area (TPSA) is 71.6 Å². The van der Waals surface area contributed by atoms with Gasteiger partial charge in [0.25, 0.3) is 5.91 Å². The van der Waals surface area contributed by atoms with Crippen LogP contribution in [0.1, 0.15) is 91.7 Å². The highest BCUT2D eigenvalue weighted by Gasteiger charge is 2.26. The number of carbonyl (C=O) groups excluding carboxylic acids is 1. The van der Waals surface area contributed by atoms with Gasteiger partial charge in [-0.25, -0.2) is 0 Å². The zero-order valence-corrected chi connectivity index (χ0v) is 22.3. The molecule has 1 unspecified atom stereocenters. The Kier molecular flexibility index (Phi) is 9.01. The van der Waals surface area contributed by atoms with Crippen LogP contribution in [-0.2, 0) is 0 Å². The third kappa shape index (κ3) is 6.85. The molecule has 1 saturated heterocycles. The minimum atomic E-state index is 0.0682. The van der Waals surface area contributed by atoms with Gasteiger partial charge < -0.3 is 25.4 Å². The van der Waals surface area contributed by atoms with Crippen molar-refractivity contribution in [2.24, 2.45) is 5.92 Å². The van der Waals surface area contributed by atoms with E-state index in [9.17, 15) is 4.79 Å². The fourth-order valence-corrected chi connectivity index (χ4v) is 6.21.